The van der Waals surface area contributed by atoms with Crippen molar-refractivity contribution in [2.75, 3.05) is 18.5 Å². The molecule has 3 heteroatoms. The molecule has 2 rings (SSSR count). The van der Waals surface area contributed by atoms with E-state index in [-0.39, 0.29) is 11.4 Å². The number of rotatable bonds is 5. The highest BCUT2D eigenvalue weighted by Gasteiger charge is 2.28. The van der Waals surface area contributed by atoms with Crippen molar-refractivity contribution in [3.8, 4) is 0 Å². The second-order valence-corrected chi connectivity index (χ2v) is 5.40. The van der Waals surface area contributed by atoms with Crippen LogP contribution in [-0.2, 0) is 6.42 Å². The van der Waals surface area contributed by atoms with Gasteiger partial charge in [-0.2, -0.15) is 0 Å². The van der Waals surface area contributed by atoms with Crippen LogP contribution >= 0.6 is 0 Å². The summed E-state index contributed by atoms with van der Waals surface area (Å²) in [4.78, 5) is 2.19. The molecule has 0 spiro atoms. The van der Waals surface area contributed by atoms with Crippen molar-refractivity contribution in [3.63, 3.8) is 0 Å². The zero-order chi connectivity index (χ0) is 14.6. The molecule has 1 unspecified atom stereocenters. The molecule has 0 saturated carbocycles. The Labute approximate surface area is 120 Å². The van der Waals surface area contributed by atoms with E-state index in [9.17, 15) is 4.39 Å². The molecule has 106 valence electrons. The maximum absolute atomic E-state index is 13.0. The molecule has 2 N–H and O–H groups in total. The van der Waals surface area contributed by atoms with E-state index in [1.165, 1.54) is 12.1 Å². The number of para-hydroxylation sites is 1. The van der Waals surface area contributed by atoms with Gasteiger partial charge in [0.15, 0.2) is 0 Å². The predicted molar refractivity (Wildman–Crippen MR) is 82.4 cm³/mol. The molecule has 0 aliphatic heterocycles. The van der Waals surface area contributed by atoms with E-state index in [2.05, 4.69) is 24.0 Å². The summed E-state index contributed by atoms with van der Waals surface area (Å²) in [5.74, 6) is -0.209. The van der Waals surface area contributed by atoms with Gasteiger partial charge in [-0.3, -0.25) is 0 Å². The lowest BCUT2D eigenvalue weighted by molar-refractivity contribution is 0.449. The van der Waals surface area contributed by atoms with Gasteiger partial charge in [-0.05, 0) is 43.2 Å². The van der Waals surface area contributed by atoms with E-state index in [0.717, 1.165) is 17.7 Å². The zero-order valence-corrected chi connectivity index (χ0v) is 12.0. The van der Waals surface area contributed by atoms with Crippen LogP contribution in [0, 0.1) is 5.82 Å². The number of benzene rings is 2. The van der Waals surface area contributed by atoms with Crippen LogP contribution < -0.4 is 10.6 Å². The van der Waals surface area contributed by atoms with Crippen molar-refractivity contribution in [2.24, 2.45) is 5.73 Å². The lowest BCUT2D eigenvalue weighted by Crippen LogP contribution is -2.51. The summed E-state index contributed by atoms with van der Waals surface area (Å²) in [5, 5.41) is 0. The zero-order valence-electron chi connectivity index (χ0n) is 12.0. The minimum atomic E-state index is -0.209. The fourth-order valence-electron chi connectivity index (χ4n) is 2.33. The summed E-state index contributed by atoms with van der Waals surface area (Å²) in [7, 11) is 2.05. The third-order valence-corrected chi connectivity index (χ3v) is 3.89. The van der Waals surface area contributed by atoms with E-state index in [1.54, 1.807) is 0 Å². The minimum Gasteiger partial charge on any atom is -0.368 e. The van der Waals surface area contributed by atoms with Gasteiger partial charge in [-0.1, -0.05) is 30.3 Å². The Hall–Kier alpha value is -1.87. The van der Waals surface area contributed by atoms with Crippen molar-refractivity contribution in [2.45, 2.75) is 18.9 Å². The molecule has 0 saturated heterocycles. The molecule has 2 aromatic carbocycles. The summed E-state index contributed by atoms with van der Waals surface area (Å²) in [6.07, 6.45) is 0.773. The van der Waals surface area contributed by atoms with Gasteiger partial charge >= 0.3 is 0 Å². The van der Waals surface area contributed by atoms with Crippen LogP contribution in [0.1, 0.15) is 12.5 Å². The lowest BCUT2D eigenvalue weighted by atomic mass is 9.90. The van der Waals surface area contributed by atoms with E-state index in [1.807, 2.05) is 37.4 Å². The summed E-state index contributed by atoms with van der Waals surface area (Å²) in [6, 6.07) is 16.8. The molecule has 2 aromatic rings. The fourth-order valence-corrected chi connectivity index (χ4v) is 2.33. The van der Waals surface area contributed by atoms with E-state index in [4.69, 9.17) is 5.73 Å². The maximum Gasteiger partial charge on any atom is 0.123 e. The van der Waals surface area contributed by atoms with Crippen LogP contribution in [0.3, 0.4) is 0 Å². The summed E-state index contributed by atoms with van der Waals surface area (Å²) in [5.41, 5.74) is 8.01. The van der Waals surface area contributed by atoms with E-state index in [0.29, 0.717) is 6.54 Å². The van der Waals surface area contributed by atoms with Crippen LogP contribution in [0.15, 0.2) is 54.6 Å². The monoisotopic (exact) mass is 272 g/mol. The van der Waals surface area contributed by atoms with E-state index >= 15 is 0 Å². The van der Waals surface area contributed by atoms with Crippen molar-refractivity contribution in [1.82, 2.24) is 0 Å². The number of halogens is 1. The number of nitrogens with two attached hydrogens (primary N) is 1. The van der Waals surface area contributed by atoms with Gasteiger partial charge in [0.1, 0.15) is 5.82 Å². The first kappa shape index (κ1) is 14.5. The van der Waals surface area contributed by atoms with Gasteiger partial charge in [0.2, 0.25) is 0 Å². The topological polar surface area (TPSA) is 29.3 Å². The molecule has 0 aromatic heterocycles. The molecule has 0 radical (unpaired) electrons. The largest absolute Gasteiger partial charge is 0.368 e. The molecule has 0 aliphatic carbocycles. The normalized spacial score (nSPS) is 13.8. The van der Waals surface area contributed by atoms with Crippen molar-refractivity contribution in [1.29, 1.82) is 0 Å². The van der Waals surface area contributed by atoms with Gasteiger partial charge in [0.25, 0.3) is 0 Å². The highest BCUT2D eigenvalue weighted by molar-refractivity contribution is 5.48. The molecule has 2 nitrogen and oxygen atoms in total. The van der Waals surface area contributed by atoms with Crippen molar-refractivity contribution in [3.05, 3.63) is 66.0 Å². The number of nitrogens with zero attached hydrogens (tertiary/aromatic N) is 1. The molecule has 1 atom stereocenters. The molecular formula is C17H21FN2. The molecule has 0 heterocycles. The molecule has 20 heavy (non-hydrogen) atoms. The van der Waals surface area contributed by atoms with Crippen LogP contribution in [0.25, 0.3) is 0 Å². The van der Waals surface area contributed by atoms with Crippen LogP contribution in [0.4, 0.5) is 10.1 Å². The van der Waals surface area contributed by atoms with Crippen molar-refractivity contribution < 1.29 is 4.39 Å². The Kier molecular flexibility index (Phi) is 4.40. The Morgan fingerprint density at radius 1 is 1.05 bits per heavy atom. The van der Waals surface area contributed by atoms with Gasteiger partial charge in [-0.15, -0.1) is 0 Å². The molecule has 0 fully saturated rings. The Morgan fingerprint density at radius 3 is 2.20 bits per heavy atom. The maximum atomic E-state index is 13.0. The Balaban J connectivity index is 2.22. The summed E-state index contributed by atoms with van der Waals surface area (Å²) < 4.78 is 13.0. The van der Waals surface area contributed by atoms with Gasteiger partial charge in [0, 0.05) is 19.3 Å². The van der Waals surface area contributed by atoms with Crippen LogP contribution in [-0.4, -0.2) is 19.1 Å². The van der Waals surface area contributed by atoms with Gasteiger partial charge < -0.3 is 10.6 Å². The Bertz CT molecular complexity index is 539. The average molecular weight is 272 g/mol. The SMILES string of the molecule is CN(c1ccccc1)C(C)(CN)Cc1ccc(F)cc1. The number of anilines is 1. The molecule has 0 bridgehead atoms. The number of hydrogen-bond donors (Lipinski definition) is 1. The summed E-state index contributed by atoms with van der Waals surface area (Å²) >= 11 is 0. The second-order valence-electron chi connectivity index (χ2n) is 5.40. The standard InChI is InChI=1S/C17H21FN2/c1-17(13-19,12-14-8-10-15(18)11-9-14)20(2)16-6-4-3-5-7-16/h3-11H,12-13,19H2,1-2H3. The van der Waals surface area contributed by atoms with Crippen molar-refractivity contribution >= 4 is 5.69 Å². The first-order valence-electron chi connectivity index (χ1n) is 6.78. The van der Waals surface area contributed by atoms with Gasteiger partial charge in [-0.25, -0.2) is 4.39 Å². The first-order valence-corrected chi connectivity index (χ1v) is 6.78. The van der Waals surface area contributed by atoms with Crippen LogP contribution in [0.5, 0.6) is 0 Å². The number of likely N-dealkylation sites (N-methyl/N-ethyl adjacent to an activating group) is 1. The smallest absolute Gasteiger partial charge is 0.123 e. The molecule has 0 amide bonds. The predicted octanol–water partition coefficient (Wildman–Crippen LogP) is 3.22. The highest BCUT2D eigenvalue weighted by Crippen LogP contribution is 2.25. The molecular weight excluding hydrogens is 251 g/mol. The average Bonchev–Trinajstić information content (AvgIpc) is 2.49. The minimum absolute atomic E-state index is 0.209. The summed E-state index contributed by atoms with van der Waals surface area (Å²) in [6.45, 7) is 2.65. The van der Waals surface area contributed by atoms with Crippen LogP contribution in [0.2, 0.25) is 0 Å². The molecule has 0 aliphatic rings. The third kappa shape index (κ3) is 3.17. The Morgan fingerprint density at radius 2 is 1.65 bits per heavy atom. The second kappa shape index (κ2) is 6.06. The fraction of sp³-hybridized carbons (Fsp3) is 0.294. The van der Waals surface area contributed by atoms with Gasteiger partial charge in [0.05, 0.1) is 5.54 Å². The first-order chi connectivity index (χ1) is 9.55. The lowest BCUT2D eigenvalue weighted by Gasteiger charge is -2.40. The van der Waals surface area contributed by atoms with E-state index < -0.39 is 0 Å². The highest BCUT2D eigenvalue weighted by atomic mass is 19.1. The quantitative estimate of drug-likeness (QED) is 0.905. The number of hydrogen-bond acceptors (Lipinski definition) is 2. The third-order valence-electron chi connectivity index (χ3n) is 3.89.